The minimum absolute atomic E-state index is 0.137. The molecule has 0 bridgehead atoms. The lowest BCUT2D eigenvalue weighted by atomic mass is 9.98. The number of carbonyl (C=O) groups excluding carboxylic acids is 2. The quantitative estimate of drug-likeness (QED) is 0.108. The smallest absolute Gasteiger partial charge is 0.416 e. The van der Waals surface area contributed by atoms with E-state index in [-0.39, 0.29) is 29.5 Å². The first kappa shape index (κ1) is 46.6. The average Bonchev–Trinajstić information content (AvgIpc) is 3.28. The Labute approximate surface area is 358 Å². The standard InChI is InChI=1S/C19H20F3N3O3.C15H16O2.C14H14O3/c20-19(21,22)14-3-1-4-15(13-14)24-17-16(5-2-6-23-17)18(26)28-12-9-25-7-10-27-11-8-25;1-11(16)3-4-12-5-6-14-10-15(17-2)8-7-13(14)9-12;1-9(14(15)16)10-3-4-12-8-13(17-2)6-5-11(12)7-10/h1-6,13H,7-12H2,(H,23,24);5-10H,3-4H2,1-2H3;3-9H,1-2H3,(H,15,16)/t;;9-/m..0/s1. The predicted molar refractivity (Wildman–Crippen MR) is 233 cm³/mol. The first-order chi connectivity index (χ1) is 29.7. The van der Waals surface area contributed by atoms with Crippen molar-refractivity contribution in [2.75, 3.05) is 59.0 Å². The van der Waals surface area contributed by atoms with Gasteiger partial charge >= 0.3 is 18.1 Å². The van der Waals surface area contributed by atoms with Crippen molar-refractivity contribution in [1.82, 2.24) is 9.88 Å². The second-order valence-corrected chi connectivity index (χ2v) is 14.5. The molecule has 7 rings (SSSR count). The number of methoxy groups -OCH3 is 2. The van der Waals surface area contributed by atoms with E-state index < -0.39 is 29.6 Å². The third kappa shape index (κ3) is 13.8. The topological polar surface area (TPSA) is 137 Å². The van der Waals surface area contributed by atoms with E-state index in [9.17, 15) is 27.6 Å². The number of esters is 1. The van der Waals surface area contributed by atoms with Gasteiger partial charge in [0.05, 0.1) is 38.9 Å². The number of carbonyl (C=O) groups is 3. The second-order valence-electron chi connectivity index (χ2n) is 14.5. The van der Waals surface area contributed by atoms with Crippen LogP contribution in [0.1, 0.15) is 53.2 Å². The number of carboxylic acid groups (broad SMARTS) is 1. The van der Waals surface area contributed by atoms with Crippen molar-refractivity contribution in [3.63, 3.8) is 0 Å². The van der Waals surface area contributed by atoms with Gasteiger partial charge in [-0.05, 0) is 108 Å². The van der Waals surface area contributed by atoms with E-state index in [0.717, 1.165) is 64.9 Å². The summed E-state index contributed by atoms with van der Waals surface area (Å²) in [6, 6.07) is 31.5. The Bertz CT molecular complexity index is 2450. The summed E-state index contributed by atoms with van der Waals surface area (Å²) < 4.78 is 59.5. The van der Waals surface area contributed by atoms with Gasteiger partial charge in [-0.15, -0.1) is 0 Å². The van der Waals surface area contributed by atoms with Crippen LogP contribution in [-0.2, 0) is 31.7 Å². The molecule has 1 aliphatic heterocycles. The summed E-state index contributed by atoms with van der Waals surface area (Å²) in [5.41, 5.74) is 1.56. The predicted octanol–water partition coefficient (Wildman–Crippen LogP) is 9.74. The minimum Gasteiger partial charge on any atom is -0.497 e. The third-order valence-electron chi connectivity index (χ3n) is 10.0. The fraction of sp³-hybridized carbons (Fsp3) is 0.292. The van der Waals surface area contributed by atoms with Crippen LogP contribution in [0, 0.1) is 0 Å². The number of nitrogens with one attached hydrogen (secondary N) is 1. The van der Waals surface area contributed by atoms with Gasteiger partial charge in [0, 0.05) is 37.9 Å². The Hall–Kier alpha value is -6.51. The van der Waals surface area contributed by atoms with E-state index in [1.54, 1.807) is 34.1 Å². The van der Waals surface area contributed by atoms with Gasteiger partial charge in [0.15, 0.2) is 0 Å². The highest BCUT2D eigenvalue weighted by Gasteiger charge is 2.30. The van der Waals surface area contributed by atoms with Crippen LogP contribution in [0.5, 0.6) is 11.5 Å². The first-order valence-electron chi connectivity index (χ1n) is 20.0. The van der Waals surface area contributed by atoms with Gasteiger partial charge in [0.1, 0.15) is 35.3 Å². The molecule has 0 aliphatic carbocycles. The molecule has 1 aliphatic rings. The zero-order chi connectivity index (χ0) is 44.6. The summed E-state index contributed by atoms with van der Waals surface area (Å²) in [6.45, 7) is 6.99. The molecular formula is C48H50F3N3O8. The lowest BCUT2D eigenvalue weighted by molar-refractivity contribution is -0.138. The van der Waals surface area contributed by atoms with Crippen LogP contribution >= 0.6 is 0 Å². The Morgan fingerprint density at radius 1 is 0.823 bits per heavy atom. The molecule has 6 aromatic rings. The van der Waals surface area contributed by atoms with Gasteiger partial charge in [0.25, 0.3) is 0 Å². The van der Waals surface area contributed by atoms with Crippen molar-refractivity contribution < 1.29 is 51.6 Å². The zero-order valence-electron chi connectivity index (χ0n) is 35.0. The maximum Gasteiger partial charge on any atom is 0.416 e. The van der Waals surface area contributed by atoms with Crippen molar-refractivity contribution in [3.8, 4) is 11.5 Å². The van der Waals surface area contributed by atoms with E-state index in [0.29, 0.717) is 26.2 Å². The molecule has 11 nitrogen and oxygen atoms in total. The van der Waals surface area contributed by atoms with Gasteiger partial charge in [-0.2, -0.15) is 13.2 Å². The summed E-state index contributed by atoms with van der Waals surface area (Å²) >= 11 is 0. The van der Waals surface area contributed by atoms with Crippen molar-refractivity contribution >= 4 is 50.8 Å². The van der Waals surface area contributed by atoms with Crippen molar-refractivity contribution in [2.45, 2.75) is 38.8 Å². The van der Waals surface area contributed by atoms with Crippen molar-refractivity contribution in [1.29, 1.82) is 0 Å². The number of ether oxygens (including phenoxy) is 4. The molecule has 0 radical (unpaired) electrons. The van der Waals surface area contributed by atoms with Crippen LogP contribution in [0.4, 0.5) is 24.7 Å². The van der Waals surface area contributed by atoms with E-state index in [1.165, 1.54) is 35.3 Å². The number of nitrogens with zero attached hydrogens (tertiary/aromatic N) is 2. The largest absolute Gasteiger partial charge is 0.497 e. The molecule has 326 valence electrons. The van der Waals surface area contributed by atoms with E-state index in [1.807, 2.05) is 54.6 Å². The average molecular weight is 854 g/mol. The number of Topliss-reactive ketones (excluding diaryl/α,β-unsaturated/α-hetero) is 1. The maximum absolute atomic E-state index is 12.9. The number of hydrogen-bond acceptors (Lipinski definition) is 10. The Balaban J connectivity index is 0.000000185. The van der Waals surface area contributed by atoms with Crippen LogP contribution in [0.2, 0.25) is 0 Å². The molecular weight excluding hydrogens is 804 g/mol. The molecule has 0 spiro atoms. The Kier molecular flexibility index (Phi) is 16.8. The molecule has 62 heavy (non-hydrogen) atoms. The van der Waals surface area contributed by atoms with Gasteiger partial charge < -0.3 is 34.2 Å². The highest BCUT2D eigenvalue weighted by atomic mass is 19.4. The molecule has 1 fully saturated rings. The number of halogens is 3. The number of pyridine rings is 1. The number of morpholine rings is 1. The lowest BCUT2D eigenvalue weighted by Crippen LogP contribution is -2.38. The number of anilines is 2. The molecule has 0 saturated carbocycles. The number of alkyl halides is 3. The van der Waals surface area contributed by atoms with Crippen molar-refractivity contribution in [2.24, 2.45) is 0 Å². The molecule has 0 unspecified atom stereocenters. The molecule has 0 amide bonds. The highest BCUT2D eigenvalue weighted by Crippen LogP contribution is 2.32. The van der Waals surface area contributed by atoms with Crippen LogP contribution in [0.15, 0.2) is 115 Å². The summed E-state index contributed by atoms with van der Waals surface area (Å²) in [7, 11) is 3.30. The number of fused-ring (bicyclic) bond motifs is 2. The summed E-state index contributed by atoms with van der Waals surface area (Å²) in [4.78, 5) is 40.5. The SMILES string of the molecule is COc1ccc2cc(CCC(C)=O)ccc2c1.COc1ccc2cc([C@H](C)C(=O)O)ccc2c1.O=C(OCCN1CCOCC1)c1cccnc1Nc1cccc(C(F)(F)F)c1. The second kappa shape index (κ2) is 22.4. The number of carboxylic acids is 1. The number of aromatic nitrogens is 1. The minimum atomic E-state index is -4.46. The van der Waals surface area contributed by atoms with E-state index in [2.05, 4.69) is 33.4 Å². The third-order valence-corrected chi connectivity index (χ3v) is 10.0. The summed E-state index contributed by atoms with van der Waals surface area (Å²) in [5.74, 6) is 0.166. The number of benzene rings is 5. The van der Waals surface area contributed by atoms with E-state index in [4.69, 9.17) is 24.1 Å². The Morgan fingerprint density at radius 2 is 1.45 bits per heavy atom. The van der Waals surface area contributed by atoms with Gasteiger partial charge in [-0.25, -0.2) is 9.78 Å². The zero-order valence-corrected chi connectivity index (χ0v) is 35.0. The first-order valence-corrected chi connectivity index (χ1v) is 20.0. The number of aliphatic carboxylic acids is 1. The van der Waals surface area contributed by atoms with Crippen LogP contribution in [0.3, 0.4) is 0 Å². The normalized spacial score (nSPS) is 13.1. The molecule has 1 saturated heterocycles. The maximum atomic E-state index is 12.9. The number of ketones is 1. The Morgan fingerprint density at radius 3 is 2.08 bits per heavy atom. The fourth-order valence-electron chi connectivity index (χ4n) is 6.41. The van der Waals surface area contributed by atoms with Crippen LogP contribution in [-0.4, -0.2) is 86.4 Å². The molecule has 2 heterocycles. The van der Waals surface area contributed by atoms with Crippen molar-refractivity contribution in [3.05, 3.63) is 138 Å². The molecule has 5 aromatic carbocycles. The fourth-order valence-corrected chi connectivity index (χ4v) is 6.41. The molecule has 14 heteroatoms. The van der Waals surface area contributed by atoms with Crippen LogP contribution < -0.4 is 14.8 Å². The van der Waals surface area contributed by atoms with Crippen LogP contribution in [0.25, 0.3) is 21.5 Å². The van der Waals surface area contributed by atoms with Gasteiger partial charge in [-0.1, -0.05) is 54.6 Å². The molecule has 1 atom stereocenters. The van der Waals surface area contributed by atoms with E-state index >= 15 is 0 Å². The highest BCUT2D eigenvalue weighted by molar-refractivity contribution is 5.95. The monoisotopic (exact) mass is 853 g/mol. The molecule has 2 N–H and O–H groups in total. The van der Waals surface area contributed by atoms with Gasteiger partial charge in [-0.3, -0.25) is 9.69 Å². The summed E-state index contributed by atoms with van der Waals surface area (Å²) in [6.07, 6.45) is -1.58. The molecule has 1 aromatic heterocycles. The number of rotatable bonds is 13. The number of hydrogen-bond donors (Lipinski definition) is 2. The number of aryl methyl sites for hydroxylation is 1. The lowest BCUT2D eigenvalue weighted by Gasteiger charge is -2.26. The summed E-state index contributed by atoms with van der Waals surface area (Å²) in [5, 5.41) is 16.2. The van der Waals surface area contributed by atoms with Gasteiger partial charge in [0.2, 0.25) is 0 Å².